The molecule has 0 aromatic heterocycles. The molecule has 0 bridgehead atoms. The van der Waals surface area contributed by atoms with Crippen LogP contribution in [0.15, 0.2) is 0 Å². The highest BCUT2D eigenvalue weighted by Gasteiger charge is 2.48. The topological polar surface area (TPSA) is 37.4 Å². The molecular weight excluding hydrogens is 190 g/mol. The molecule has 0 aromatic rings. The van der Waals surface area contributed by atoms with Crippen molar-refractivity contribution in [2.24, 2.45) is 11.3 Å². The third kappa shape index (κ3) is 2.21. The summed E-state index contributed by atoms with van der Waals surface area (Å²) in [6, 6.07) is 0. The summed E-state index contributed by atoms with van der Waals surface area (Å²) in [5.41, 5.74) is -0.527. The summed E-state index contributed by atoms with van der Waals surface area (Å²) in [5, 5.41) is 0. The van der Waals surface area contributed by atoms with Crippen LogP contribution in [0.4, 0.5) is 0 Å². The first kappa shape index (κ1) is 12.2. The van der Waals surface area contributed by atoms with Gasteiger partial charge in [0.15, 0.2) is 0 Å². The van der Waals surface area contributed by atoms with Gasteiger partial charge in [0.25, 0.3) is 0 Å². The van der Waals surface area contributed by atoms with Gasteiger partial charge in [0.05, 0.1) is 5.92 Å². The third-order valence-corrected chi connectivity index (χ3v) is 2.86. The molecule has 0 spiro atoms. The van der Waals surface area contributed by atoms with E-state index in [4.69, 9.17) is 0 Å². The maximum Gasteiger partial charge on any atom is 0.233 e. The van der Waals surface area contributed by atoms with Gasteiger partial charge in [-0.15, -0.1) is 0 Å². The molecule has 1 heterocycles. The van der Waals surface area contributed by atoms with Crippen molar-refractivity contribution in [1.29, 1.82) is 0 Å². The van der Waals surface area contributed by atoms with Crippen LogP contribution in [0.2, 0.25) is 0 Å². The van der Waals surface area contributed by atoms with E-state index in [2.05, 4.69) is 0 Å². The van der Waals surface area contributed by atoms with E-state index in [1.807, 2.05) is 41.5 Å². The molecule has 86 valence electrons. The molecule has 1 rings (SSSR count). The van der Waals surface area contributed by atoms with Gasteiger partial charge < -0.3 is 0 Å². The highest BCUT2D eigenvalue weighted by Crippen LogP contribution is 2.37. The van der Waals surface area contributed by atoms with Crippen molar-refractivity contribution in [3.63, 3.8) is 0 Å². The number of imide groups is 1. The summed E-state index contributed by atoms with van der Waals surface area (Å²) < 4.78 is 0. The summed E-state index contributed by atoms with van der Waals surface area (Å²) in [5.74, 6) is -0.211. The van der Waals surface area contributed by atoms with E-state index in [1.165, 1.54) is 4.90 Å². The summed E-state index contributed by atoms with van der Waals surface area (Å²) in [4.78, 5) is 25.3. The van der Waals surface area contributed by atoms with Crippen LogP contribution in [0, 0.1) is 11.3 Å². The fraction of sp³-hybridized carbons (Fsp3) is 0.833. The average molecular weight is 211 g/mol. The minimum Gasteiger partial charge on any atom is -0.277 e. The molecule has 1 aliphatic heterocycles. The van der Waals surface area contributed by atoms with Crippen LogP contribution < -0.4 is 0 Å². The Hall–Kier alpha value is -0.860. The lowest BCUT2D eigenvalue weighted by Crippen LogP contribution is -2.46. The molecule has 1 aliphatic rings. The van der Waals surface area contributed by atoms with Crippen molar-refractivity contribution in [1.82, 2.24) is 4.90 Å². The van der Waals surface area contributed by atoms with E-state index in [1.54, 1.807) is 0 Å². The average Bonchev–Trinajstić information content (AvgIpc) is 2.22. The van der Waals surface area contributed by atoms with Crippen LogP contribution >= 0.6 is 0 Å². The Morgan fingerprint density at radius 1 is 1.07 bits per heavy atom. The Morgan fingerprint density at radius 2 is 1.53 bits per heavy atom. The molecule has 1 atom stereocenters. The number of hydrogen-bond donors (Lipinski definition) is 0. The number of carbonyl (C=O) groups is 2. The van der Waals surface area contributed by atoms with Gasteiger partial charge in [-0.3, -0.25) is 14.5 Å². The predicted molar refractivity (Wildman–Crippen MR) is 59.2 cm³/mol. The van der Waals surface area contributed by atoms with Gasteiger partial charge in [0.1, 0.15) is 0 Å². The van der Waals surface area contributed by atoms with Crippen LogP contribution in [0.25, 0.3) is 0 Å². The van der Waals surface area contributed by atoms with Crippen LogP contribution in [-0.4, -0.2) is 22.3 Å². The molecule has 1 saturated heterocycles. The second-order valence-corrected chi connectivity index (χ2v) is 6.36. The molecule has 3 heteroatoms. The van der Waals surface area contributed by atoms with Crippen molar-refractivity contribution in [3.8, 4) is 0 Å². The summed E-state index contributed by atoms with van der Waals surface area (Å²) in [6.07, 6.45) is 0.361. The number of likely N-dealkylation sites (tertiary alicyclic amines) is 1. The van der Waals surface area contributed by atoms with E-state index in [9.17, 15) is 9.59 Å². The number of carbonyl (C=O) groups excluding carboxylic acids is 2. The van der Waals surface area contributed by atoms with Crippen molar-refractivity contribution in [2.45, 2.75) is 53.5 Å². The number of rotatable bonds is 0. The Labute approximate surface area is 91.8 Å². The van der Waals surface area contributed by atoms with E-state index in [0.717, 1.165) is 0 Å². The fourth-order valence-electron chi connectivity index (χ4n) is 2.01. The number of hydrogen-bond acceptors (Lipinski definition) is 2. The molecule has 2 amide bonds. The summed E-state index contributed by atoms with van der Waals surface area (Å²) in [6.45, 7) is 11.7. The van der Waals surface area contributed by atoms with E-state index in [0.29, 0.717) is 6.42 Å². The highest BCUT2D eigenvalue weighted by molar-refractivity contribution is 6.04. The third-order valence-electron chi connectivity index (χ3n) is 2.86. The SMILES string of the molecule is CC(C)(C)C1CC(=O)N(C(C)(C)C)C1=O. The molecule has 0 aliphatic carbocycles. The first-order chi connectivity index (χ1) is 6.55. The summed E-state index contributed by atoms with van der Waals surface area (Å²) in [7, 11) is 0. The van der Waals surface area contributed by atoms with E-state index in [-0.39, 0.29) is 23.1 Å². The molecular formula is C12H21NO2. The Kier molecular flexibility index (Phi) is 2.71. The van der Waals surface area contributed by atoms with Crippen molar-refractivity contribution >= 4 is 11.8 Å². The lowest BCUT2D eigenvalue weighted by atomic mass is 9.80. The highest BCUT2D eigenvalue weighted by atomic mass is 16.2. The lowest BCUT2D eigenvalue weighted by Gasteiger charge is -2.32. The van der Waals surface area contributed by atoms with Gasteiger partial charge in [0, 0.05) is 12.0 Å². The molecule has 0 aromatic carbocycles. The second-order valence-electron chi connectivity index (χ2n) is 6.36. The van der Waals surface area contributed by atoms with Crippen LogP contribution in [-0.2, 0) is 9.59 Å². The first-order valence-corrected chi connectivity index (χ1v) is 5.42. The zero-order valence-electron chi connectivity index (χ0n) is 10.5. The van der Waals surface area contributed by atoms with E-state index < -0.39 is 5.54 Å². The van der Waals surface area contributed by atoms with Gasteiger partial charge in [-0.25, -0.2) is 0 Å². The van der Waals surface area contributed by atoms with E-state index >= 15 is 0 Å². The van der Waals surface area contributed by atoms with Crippen molar-refractivity contribution in [3.05, 3.63) is 0 Å². The molecule has 3 nitrogen and oxygen atoms in total. The van der Waals surface area contributed by atoms with Crippen LogP contribution in [0.3, 0.4) is 0 Å². The number of amides is 2. The minimum atomic E-state index is -0.395. The Bertz CT molecular complexity index is 294. The van der Waals surface area contributed by atoms with Gasteiger partial charge in [-0.2, -0.15) is 0 Å². The second kappa shape index (κ2) is 3.32. The molecule has 0 radical (unpaired) electrons. The Morgan fingerprint density at radius 3 is 1.73 bits per heavy atom. The maximum absolute atomic E-state index is 12.1. The van der Waals surface area contributed by atoms with Crippen LogP contribution in [0.5, 0.6) is 0 Å². The predicted octanol–water partition coefficient (Wildman–Crippen LogP) is 2.21. The Balaban J connectivity index is 3.00. The van der Waals surface area contributed by atoms with Crippen molar-refractivity contribution < 1.29 is 9.59 Å². The lowest BCUT2D eigenvalue weighted by molar-refractivity contribution is -0.145. The molecule has 15 heavy (non-hydrogen) atoms. The standard InChI is InChI=1S/C12H21NO2/c1-11(2,3)8-7-9(14)13(10(8)15)12(4,5)6/h8H,7H2,1-6H3. The molecule has 0 N–H and O–H groups in total. The first-order valence-electron chi connectivity index (χ1n) is 5.42. The number of nitrogens with zero attached hydrogens (tertiary/aromatic N) is 1. The molecule has 0 saturated carbocycles. The summed E-state index contributed by atoms with van der Waals surface area (Å²) >= 11 is 0. The smallest absolute Gasteiger partial charge is 0.233 e. The van der Waals surface area contributed by atoms with Gasteiger partial charge in [0.2, 0.25) is 11.8 Å². The zero-order valence-corrected chi connectivity index (χ0v) is 10.5. The largest absolute Gasteiger partial charge is 0.277 e. The monoisotopic (exact) mass is 211 g/mol. The molecule has 1 fully saturated rings. The fourth-order valence-corrected chi connectivity index (χ4v) is 2.01. The van der Waals surface area contributed by atoms with Gasteiger partial charge in [-0.1, -0.05) is 20.8 Å². The van der Waals surface area contributed by atoms with Gasteiger partial charge in [-0.05, 0) is 26.2 Å². The zero-order chi connectivity index (χ0) is 12.0. The maximum atomic E-state index is 12.1. The minimum absolute atomic E-state index is 0.0139. The molecule has 1 unspecified atom stereocenters. The van der Waals surface area contributed by atoms with Crippen LogP contribution in [0.1, 0.15) is 48.0 Å². The normalized spacial score (nSPS) is 23.9. The van der Waals surface area contributed by atoms with Crippen molar-refractivity contribution in [2.75, 3.05) is 0 Å². The van der Waals surface area contributed by atoms with Gasteiger partial charge >= 0.3 is 0 Å². The quantitative estimate of drug-likeness (QED) is 0.576.